The molecule has 0 aliphatic rings. The van der Waals surface area contributed by atoms with Gasteiger partial charge in [-0.15, -0.1) is 0 Å². The van der Waals surface area contributed by atoms with Crippen LogP contribution >= 0.6 is 0 Å². The lowest BCUT2D eigenvalue weighted by Gasteiger charge is -2.38. The molecule has 2 N–H and O–H groups in total. The molecule has 118 valence electrons. The molecule has 5 nitrogen and oxygen atoms in total. The molecule has 0 saturated heterocycles. The smallest absolute Gasteiger partial charge is 0.251 e. The van der Waals surface area contributed by atoms with Crippen LogP contribution in [0.3, 0.4) is 0 Å². The number of aliphatic hydroxyl groups is 1. The second-order valence-electron chi connectivity index (χ2n) is 5.94. The molecule has 0 aliphatic heterocycles. The van der Waals surface area contributed by atoms with Gasteiger partial charge >= 0.3 is 0 Å². The summed E-state index contributed by atoms with van der Waals surface area (Å²) in [6.07, 6.45) is 0. The van der Waals surface area contributed by atoms with Gasteiger partial charge in [0.2, 0.25) is 0 Å². The van der Waals surface area contributed by atoms with E-state index in [1.807, 2.05) is 6.92 Å². The van der Waals surface area contributed by atoms with Gasteiger partial charge < -0.3 is 19.9 Å². The first-order chi connectivity index (χ1) is 9.62. The highest BCUT2D eigenvalue weighted by molar-refractivity contribution is 5.95. The quantitative estimate of drug-likeness (QED) is 0.845. The van der Waals surface area contributed by atoms with Crippen LogP contribution in [0.4, 0.5) is 0 Å². The van der Waals surface area contributed by atoms with Crippen molar-refractivity contribution >= 4 is 5.91 Å². The van der Waals surface area contributed by atoms with Crippen molar-refractivity contribution in [3.8, 4) is 11.5 Å². The maximum Gasteiger partial charge on any atom is 0.251 e. The van der Waals surface area contributed by atoms with E-state index in [9.17, 15) is 9.90 Å². The summed E-state index contributed by atoms with van der Waals surface area (Å²) >= 11 is 0. The van der Waals surface area contributed by atoms with Crippen LogP contribution in [0, 0.1) is 0 Å². The highest BCUT2D eigenvalue weighted by atomic mass is 16.5. The summed E-state index contributed by atoms with van der Waals surface area (Å²) in [5.74, 6) is 0.828. The topological polar surface area (TPSA) is 67.8 Å². The van der Waals surface area contributed by atoms with Crippen molar-refractivity contribution in [2.75, 3.05) is 13.7 Å². The largest absolute Gasteiger partial charge is 0.493 e. The molecule has 0 spiro atoms. The summed E-state index contributed by atoms with van der Waals surface area (Å²) < 4.78 is 10.7. The maximum absolute atomic E-state index is 12.3. The molecule has 0 atom stereocenters. The molecule has 0 fully saturated rings. The lowest BCUT2D eigenvalue weighted by Crippen LogP contribution is -2.57. The number of rotatable bonds is 6. The normalized spacial score (nSPS) is 12.0. The van der Waals surface area contributed by atoms with Crippen LogP contribution in [0.25, 0.3) is 0 Å². The summed E-state index contributed by atoms with van der Waals surface area (Å²) in [7, 11) is 1.55. The third-order valence-corrected chi connectivity index (χ3v) is 3.68. The first kappa shape index (κ1) is 17.3. The van der Waals surface area contributed by atoms with Gasteiger partial charge in [0.05, 0.1) is 24.9 Å². The van der Waals surface area contributed by atoms with E-state index < -0.39 is 11.1 Å². The van der Waals surface area contributed by atoms with E-state index in [1.54, 1.807) is 53.0 Å². The molecule has 1 aromatic rings. The minimum atomic E-state index is -1.04. The van der Waals surface area contributed by atoms with Crippen LogP contribution in [0.5, 0.6) is 11.5 Å². The minimum Gasteiger partial charge on any atom is -0.493 e. The fourth-order valence-corrected chi connectivity index (χ4v) is 1.60. The fourth-order valence-electron chi connectivity index (χ4n) is 1.60. The first-order valence-corrected chi connectivity index (χ1v) is 6.98. The van der Waals surface area contributed by atoms with Gasteiger partial charge in [0, 0.05) is 5.56 Å². The third kappa shape index (κ3) is 4.11. The van der Waals surface area contributed by atoms with Crippen LogP contribution in [0.1, 0.15) is 45.0 Å². The van der Waals surface area contributed by atoms with Gasteiger partial charge in [-0.1, -0.05) is 0 Å². The highest BCUT2D eigenvalue weighted by Gasteiger charge is 2.36. The van der Waals surface area contributed by atoms with E-state index in [0.717, 1.165) is 0 Å². The van der Waals surface area contributed by atoms with Crippen molar-refractivity contribution in [1.82, 2.24) is 5.32 Å². The second kappa shape index (κ2) is 6.35. The summed E-state index contributed by atoms with van der Waals surface area (Å²) in [5.41, 5.74) is -1.36. The standard InChI is InChI=1S/C16H25NO4/c1-7-21-13-10-11(8-9-12(13)20-6)14(18)17-15(2,3)16(4,5)19/h8-10,19H,7H2,1-6H3,(H,17,18). The number of carbonyl (C=O) groups excluding carboxylic acids is 1. The molecular weight excluding hydrogens is 270 g/mol. The number of nitrogens with one attached hydrogen (secondary N) is 1. The van der Waals surface area contributed by atoms with Gasteiger partial charge in [-0.2, -0.15) is 0 Å². The van der Waals surface area contributed by atoms with E-state index in [-0.39, 0.29) is 5.91 Å². The molecule has 1 aromatic carbocycles. The molecule has 1 amide bonds. The molecule has 0 heterocycles. The summed E-state index contributed by atoms with van der Waals surface area (Å²) in [5, 5.41) is 12.9. The van der Waals surface area contributed by atoms with Crippen LogP contribution < -0.4 is 14.8 Å². The van der Waals surface area contributed by atoms with Crippen molar-refractivity contribution in [1.29, 1.82) is 0 Å². The summed E-state index contributed by atoms with van der Waals surface area (Å²) in [6.45, 7) is 9.22. The Bertz CT molecular complexity index is 503. The van der Waals surface area contributed by atoms with E-state index in [2.05, 4.69) is 5.32 Å². The van der Waals surface area contributed by atoms with Crippen molar-refractivity contribution in [2.45, 2.75) is 45.8 Å². The van der Waals surface area contributed by atoms with Crippen molar-refractivity contribution in [2.24, 2.45) is 0 Å². The zero-order valence-electron chi connectivity index (χ0n) is 13.6. The van der Waals surface area contributed by atoms with Crippen LogP contribution in [0.15, 0.2) is 18.2 Å². The molecule has 5 heteroatoms. The Hall–Kier alpha value is -1.75. The zero-order chi connectivity index (χ0) is 16.3. The molecule has 0 radical (unpaired) electrons. The first-order valence-electron chi connectivity index (χ1n) is 6.98. The Morgan fingerprint density at radius 2 is 1.86 bits per heavy atom. The van der Waals surface area contributed by atoms with E-state index >= 15 is 0 Å². The lowest BCUT2D eigenvalue weighted by atomic mass is 9.85. The summed E-state index contributed by atoms with van der Waals surface area (Å²) in [4.78, 5) is 12.3. The number of methoxy groups -OCH3 is 1. The number of amides is 1. The van der Waals surface area contributed by atoms with Gasteiger partial charge in [0.15, 0.2) is 11.5 Å². The van der Waals surface area contributed by atoms with Gasteiger partial charge in [0.25, 0.3) is 5.91 Å². The highest BCUT2D eigenvalue weighted by Crippen LogP contribution is 2.28. The second-order valence-corrected chi connectivity index (χ2v) is 5.94. The monoisotopic (exact) mass is 295 g/mol. The fraction of sp³-hybridized carbons (Fsp3) is 0.562. The van der Waals surface area contributed by atoms with Crippen LogP contribution in [-0.4, -0.2) is 35.9 Å². The predicted octanol–water partition coefficient (Wildman–Crippen LogP) is 2.37. The predicted molar refractivity (Wildman–Crippen MR) is 82.0 cm³/mol. The van der Waals surface area contributed by atoms with Gasteiger partial charge in [-0.05, 0) is 52.8 Å². The molecule has 1 rings (SSSR count). The number of benzene rings is 1. The Morgan fingerprint density at radius 3 is 2.33 bits per heavy atom. The average molecular weight is 295 g/mol. The lowest BCUT2D eigenvalue weighted by molar-refractivity contribution is -0.00293. The van der Waals surface area contributed by atoms with Crippen molar-refractivity contribution in [3.05, 3.63) is 23.8 Å². The minimum absolute atomic E-state index is 0.272. The molecule has 0 bridgehead atoms. The number of ether oxygens (including phenoxy) is 2. The van der Waals surface area contributed by atoms with Gasteiger partial charge in [-0.3, -0.25) is 4.79 Å². The van der Waals surface area contributed by atoms with Crippen LogP contribution in [-0.2, 0) is 0 Å². The Balaban J connectivity index is 3.01. The molecule has 0 unspecified atom stereocenters. The van der Waals surface area contributed by atoms with E-state index in [1.165, 1.54) is 0 Å². The Morgan fingerprint density at radius 1 is 1.24 bits per heavy atom. The van der Waals surface area contributed by atoms with Gasteiger partial charge in [0.1, 0.15) is 0 Å². The van der Waals surface area contributed by atoms with Crippen molar-refractivity contribution in [3.63, 3.8) is 0 Å². The Labute approximate surface area is 126 Å². The third-order valence-electron chi connectivity index (χ3n) is 3.68. The molecule has 0 aromatic heterocycles. The molecular formula is C16H25NO4. The number of carbonyl (C=O) groups is 1. The van der Waals surface area contributed by atoms with E-state index in [4.69, 9.17) is 9.47 Å². The van der Waals surface area contributed by atoms with E-state index in [0.29, 0.717) is 23.7 Å². The molecule has 0 saturated carbocycles. The molecule has 0 aliphatic carbocycles. The SMILES string of the molecule is CCOc1cc(C(=O)NC(C)(C)C(C)(C)O)ccc1OC. The number of hydrogen-bond donors (Lipinski definition) is 2. The summed E-state index contributed by atoms with van der Waals surface area (Å²) in [6, 6.07) is 4.99. The van der Waals surface area contributed by atoms with Crippen LogP contribution in [0.2, 0.25) is 0 Å². The van der Waals surface area contributed by atoms with Gasteiger partial charge in [-0.25, -0.2) is 0 Å². The maximum atomic E-state index is 12.3. The number of hydrogen-bond acceptors (Lipinski definition) is 4. The average Bonchev–Trinajstić information content (AvgIpc) is 2.37. The van der Waals surface area contributed by atoms with Crippen molar-refractivity contribution < 1.29 is 19.4 Å². The zero-order valence-corrected chi connectivity index (χ0v) is 13.6. The Kier molecular flexibility index (Phi) is 5.23. The molecule has 21 heavy (non-hydrogen) atoms.